The molecule has 0 aliphatic heterocycles. The number of hydrogen-bond donors (Lipinski definition) is 1. The van der Waals surface area contributed by atoms with E-state index in [0.717, 1.165) is 0 Å². The lowest BCUT2D eigenvalue weighted by Gasteiger charge is -2.03. The van der Waals surface area contributed by atoms with Crippen LogP contribution in [-0.2, 0) is 16.0 Å². The molecule has 1 aromatic carbocycles. The third kappa shape index (κ3) is 2.91. The maximum absolute atomic E-state index is 11.2. The molecule has 16 heavy (non-hydrogen) atoms. The minimum Gasteiger partial charge on any atom is -0.481 e. The molecule has 1 N–H and O–H groups in total. The van der Waals surface area contributed by atoms with Crippen LogP contribution in [0.15, 0.2) is 18.2 Å². The molecule has 0 aliphatic rings. The summed E-state index contributed by atoms with van der Waals surface area (Å²) in [7, 11) is 1.22. The van der Waals surface area contributed by atoms with Gasteiger partial charge >= 0.3 is 11.9 Å². The van der Waals surface area contributed by atoms with E-state index in [-0.39, 0.29) is 17.5 Å². The Morgan fingerprint density at radius 2 is 2.06 bits per heavy atom. The Kier molecular flexibility index (Phi) is 3.77. The van der Waals surface area contributed by atoms with Gasteiger partial charge in [0.05, 0.1) is 19.1 Å². The minimum absolute atomic E-state index is 0.170. The summed E-state index contributed by atoms with van der Waals surface area (Å²) in [6.07, 6.45) is 0.309. The molecule has 5 heteroatoms. The fourth-order valence-electron chi connectivity index (χ4n) is 1.30. The fourth-order valence-corrected chi connectivity index (χ4v) is 1.30. The molecule has 1 rings (SSSR count). The summed E-state index contributed by atoms with van der Waals surface area (Å²) in [5.41, 5.74) is 0.806. The van der Waals surface area contributed by atoms with Gasteiger partial charge in [0.25, 0.3) is 0 Å². The highest BCUT2D eigenvalue weighted by atomic mass is 16.5. The summed E-state index contributed by atoms with van der Waals surface area (Å²) in [6, 6.07) is 4.17. The normalized spacial score (nSPS) is 9.56. The van der Waals surface area contributed by atoms with Crippen molar-refractivity contribution >= 4 is 18.2 Å². The third-order valence-electron chi connectivity index (χ3n) is 1.93. The lowest BCUT2D eigenvalue weighted by Crippen LogP contribution is -2.06. The monoisotopic (exact) mass is 222 g/mol. The first-order valence-electron chi connectivity index (χ1n) is 4.46. The topological polar surface area (TPSA) is 80.7 Å². The van der Waals surface area contributed by atoms with Crippen molar-refractivity contribution in [1.82, 2.24) is 0 Å². The van der Waals surface area contributed by atoms with E-state index in [4.69, 9.17) is 5.11 Å². The zero-order chi connectivity index (χ0) is 12.1. The number of esters is 1. The van der Waals surface area contributed by atoms with Crippen molar-refractivity contribution < 1.29 is 24.2 Å². The van der Waals surface area contributed by atoms with Crippen LogP contribution in [-0.4, -0.2) is 30.4 Å². The van der Waals surface area contributed by atoms with Gasteiger partial charge in [0.15, 0.2) is 0 Å². The molecule has 0 heterocycles. The maximum atomic E-state index is 11.2. The average Bonchev–Trinajstić information content (AvgIpc) is 2.26. The Morgan fingerprint density at radius 1 is 1.38 bits per heavy atom. The number of ether oxygens (including phenoxy) is 1. The highest BCUT2D eigenvalue weighted by Gasteiger charge is 2.10. The Labute approximate surface area is 91.6 Å². The predicted molar refractivity (Wildman–Crippen MR) is 54.5 cm³/mol. The number of methoxy groups -OCH3 is 1. The maximum Gasteiger partial charge on any atom is 0.337 e. The van der Waals surface area contributed by atoms with E-state index in [1.54, 1.807) is 0 Å². The van der Waals surface area contributed by atoms with Crippen molar-refractivity contribution in [3.05, 3.63) is 34.9 Å². The van der Waals surface area contributed by atoms with Gasteiger partial charge in [0.2, 0.25) is 0 Å². The fraction of sp³-hybridized carbons (Fsp3) is 0.182. The van der Waals surface area contributed by atoms with E-state index in [1.807, 2.05) is 0 Å². The second-order valence-electron chi connectivity index (χ2n) is 3.14. The number of benzene rings is 1. The standard InChI is InChI=1S/C11H10O5/c1-16-11(15)9-3-7(5-10(13)14)2-8(4-9)6-12/h2-4,6H,5H2,1H3,(H,13,14). The minimum atomic E-state index is -1.03. The molecule has 5 nitrogen and oxygen atoms in total. The molecule has 1 aromatic rings. The number of aliphatic carboxylic acids is 1. The number of rotatable bonds is 4. The Balaban J connectivity index is 3.15. The zero-order valence-corrected chi connectivity index (χ0v) is 8.60. The highest BCUT2D eigenvalue weighted by molar-refractivity contribution is 5.92. The van der Waals surface area contributed by atoms with Gasteiger partial charge < -0.3 is 9.84 Å². The second kappa shape index (κ2) is 5.06. The molecule has 0 aliphatic carbocycles. The predicted octanol–water partition coefficient (Wildman–Crippen LogP) is 0.913. The smallest absolute Gasteiger partial charge is 0.337 e. The van der Waals surface area contributed by atoms with Crippen LogP contribution in [0.25, 0.3) is 0 Å². The van der Waals surface area contributed by atoms with Gasteiger partial charge in [-0.1, -0.05) is 0 Å². The first-order valence-corrected chi connectivity index (χ1v) is 4.46. The van der Waals surface area contributed by atoms with Crippen LogP contribution in [0.1, 0.15) is 26.3 Å². The number of carbonyl (C=O) groups excluding carboxylic acids is 2. The van der Waals surface area contributed by atoms with Crippen molar-refractivity contribution in [2.45, 2.75) is 6.42 Å². The van der Waals surface area contributed by atoms with Gasteiger partial charge in [-0.15, -0.1) is 0 Å². The molecule has 0 aromatic heterocycles. The van der Waals surface area contributed by atoms with Gasteiger partial charge in [0.1, 0.15) is 6.29 Å². The van der Waals surface area contributed by atoms with E-state index in [1.165, 1.54) is 25.3 Å². The quantitative estimate of drug-likeness (QED) is 0.605. The number of carboxylic acid groups (broad SMARTS) is 1. The third-order valence-corrected chi connectivity index (χ3v) is 1.93. The Morgan fingerprint density at radius 3 is 2.56 bits per heavy atom. The van der Waals surface area contributed by atoms with Crippen LogP contribution in [0.2, 0.25) is 0 Å². The van der Waals surface area contributed by atoms with Crippen LogP contribution >= 0.6 is 0 Å². The van der Waals surface area contributed by atoms with Crippen LogP contribution < -0.4 is 0 Å². The lowest BCUT2D eigenvalue weighted by molar-refractivity contribution is -0.136. The summed E-state index contributed by atoms with van der Waals surface area (Å²) in [5.74, 6) is -1.63. The molecule has 0 fully saturated rings. The summed E-state index contributed by atoms with van der Waals surface area (Å²) in [6.45, 7) is 0. The summed E-state index contributed by atoms with van der Waals surface area (Å²) in [5, 5.41) is 8.61. The van der Waals surface area contributed by atoms with Crippen LogP contribution in [0.4, 0.5) is 0 Å². The van der Waals surface area contributed by atoms with Gasteiger partial charge in [-0.2, -0.15) is 0 Å². The largest absolute Gasteiger partial charge is 0.481 e. The Bertz CT molecular complexity index is 436. The number of hydrogen-bond acceptors (Lipinski definition) is 4. The molecule has 0 saturated carbocycles. The number of carboxylic acids is 1. The van der Waals surface area contributed by atoms with E-state index in [0.29, 0.717) is 11.8 Å². The van der Waals surface area contributed by atoms with Gasteiger partial charge in [-0.25, -0.2) is 4.79 Å². The molecule has 84 valence electrons. The zero-order valence-electron chi connectivity index (χ0n) is 8.60. The first-order chi connectivity index (χ1) is 7.56. The summed E-state index contributed by atoms with van der Waals surface area (Å²) >= 11 is 0. The number of aldehydes is 1. The van der Waals surface area contributed by atoms with E-state index < -0.39 is 11.9 Å². The molecule has 0 radical (unpaired) electrons. The molecule has 0 atom stereocenters. The summed E-state index contributed by atoms with van der Waals surface area (Å²) < 4.78 is 4.49. The van der Waals surface area contributed by atoms with Crippen LogP contribution in [0.5, 0.6) is 0 Å². The summed E-state index contributed by atoms with van der Waals surface area (Å²) in [4.78, 5) is 32.4. The van der Waals surface area contributed by atoms with E-state index >= 15 is 0 Å². The van der Waals surface area contributed by atoms with E-state index in [2.05, 4.69) is 4.74 Å². The molecule has 0 spiro atoms. The van der Waals surface area contributed by atoms with Crippen molar-refractivity contribution in [2.24, 2.45) is 0 Å². The number of carbonyl (C=O) groups is 3. The molecule has 0 unspecified atom stereocenters. The molecule has 0 amide bonds. The molecule has 0 bridgehead atoms. The molecule has 0 saturated heterocycles. The highest BCUT2D eigenvalue weighted by Crippen LogP contribution is 2.11. The molecular weight excluding hydrogens is 212 g/mol. The Hall–Kier alpha value is -2.17. The van der Waals surface area contributed by atoms with Crippen molar-refractivity contribution in [2.75, 3.05) is 7.11 Å². The van der Waals surface area contributed by atoms with Gasteiger partial charge in [-0.3, -0.25) is 9.59 Å². The molecular formula is C11H10O5. The van der Waals surface area contributed by atoms with Gasteiger partial charge in [0, 0.05) is 5.56 Å². The van der Waals surface area contributed by atoms with E-state index in [9.17, 15) is 14.4 Å². The van der Waals surface area contributed by atoms with Crippen LogP contribution in [0, 0.1) is 0 Å². The van der Waals surface area contributed by atoms with Crippen molar-refractivity contribution in [3.63, 3.8) is 0 Å². The average molecular weight is 222 g/mol. The first kappa shape index (κ1) is 11.9. The SMILES string of the molecule is COC(=O)c1cc(C=O)cc(CC(=O)O)c1. The lowest BCUT2D eigenvalue weighted by atomic mass is 10.0. The van der Waals surface area contributed by atoms with Crippen LogP contribution in [0.3, 0.4) is 0 Å². The van der Waals surface area contributed by atoms with Gasteiger partial charge in [-0.05, 0) is 23.8 Å². The second-order valence-corrected chi connectivity index (χ2v) is 3.14. The van der Waals surface area contributed by atoms with Crippen molar-refractivity contribution in [1.29, 1.82) is 0 Å². The van der Waals surface area contributed by atoms with Crippen molar-refractivity contribution in [3.8, 4) is 0 Å².